The van der Waals surface area contributed by atoms with Crippen LogP contribution in [0.2, 0.25) is 10.0 Å². The molecular formula is C23H17Cl2F3N2O2S. The van der Waals surface area contributed by atoms with Crippen molar-refractivity contribution < 1.29 is 22.8 Å². The third kappa shape index (κ3) is 6.90. The lowest BCUT2D eigenvalue weighted by Gasteiger charge is -2.17. The van der Waals surface area contributed by atoms with Gasteiger partial charge in [-0.15, -0.1) is 11.8 Å². The van der Waals surface area contributed by atoms with Gasteiger partial charge in [-0.2, -0.15) is 13.2 Å². The molecule has 3 aromatic rings. The van der Waals surface area contributed by atoms with Gasteiger partial charge in [0, 0.05) is 26.2 Å². The molecule has 4 nitrogen and oxygen atoms in total. The Balaban J connectivity index is 1.68. The summed E-state index contributed by atoms with van der Waals surface area (Å²) < 4.78 is 39.8. The van der Waals surface area contributed by atoms with Crippen molar-refractivity contribution >= 4 is 58.2 Å². The summed E-state index contributed by atoms with van der Waals surface area (Å²) in [4.78, 5) is 25.6. The van der Waals surface area contributed by atoms with Crippen LogP contribution in [-0.4, -0.2) is 17.1 Å². The number of benzene rings is 3. The highest BCUT2D eigenvalue weighted by atomic mass is 35.5. The van der Waals surface area contributed by atoms with Crippen LogP contribution in [0.4, 0.5) is 24.5 Å². The van der Waals surface area contributed by atoms with E-state index in [2.05, 4.69) is 10.6 Å². The minimum atomic E-state index is -4.67. The second kappa shape index (κ2) is 10.5. The number of hydrogen-bond donors (Lipinski definition) is 2. The van der Waals surface area contributed by atoms with E-state index in [1.165, 1.54) is 12.1 Å². The van der Waals surface area contributed by atoms with Crippen molar-refractivity contribution in [2.24, 2.45) is 0 Å². The predicted molar refractivity (Wildman–Crippen MR) is 126 cm³/mol. The van der Waals surface area contributed by atoms with Crippen LogP contribution in [0.25, 0.3) is 0 Å². The minimum absolute atomic E-state index is 0.0839. The van der Waals surface area contributed by atoms with E-state index in [1.54, 1.807) is 49.4 Å². The molecule has 0 fully saturated rings. The van der Waals surface area contributed by atoms with E-state index in [0.29, 0.717) is 21.2 Å². The number of halogens is 5. The van der Waals surface area contributed by atoms with Crippen LogP contribution in [0.3, 0.4) is 0 Å². The van der Waals surface area contributed by atoms with Gasteiger partial charge < -0.3 is 10.6 Å². The fourth-order valence-corrected chi connectivity index (χ4v) is 4.12. The Morgan fingerprint density at radius 2 is 1.61 bits per heavy atom. The number of alkyl halides is 3. The molecule has 0 aliphatic heterocycles. The highest BCUT2D eigenvalue weighted by Gasteiger charge is 2.34. The summed E-state index contributed by atoms with van der Waals surface area (Å²) in [5.41, 5.74) is -0.510. The first kappa shape index (κ1) is 25.0. The van der Waals surface area contributed by atoms with Crippen LogP contribution in [0.15, 0.2) is 71.6 Å². The zero-order valence-corrected chi connectivity index (χ0v) is 19.4. The van der Waals surface area contributed by atoms with Crippen LogP contribution in [0.1, 0.15) is 22.8 Å². The molecule has 3 rings (SSSR count). The second-order valence-electron chi connectivity index (χ2n) is 6.93. The number of thioether (sulfide) groups is 1. The molecule has 33 heavy (non-hydrogen) atoms. The molecule has 0 heterocycles. The molecule has 0 spiro atoms. The van der Waals surface area contributed by atoms with Gasteiger partial charge in [0.25, 0.3) is 5.91 Å². The lowest BCUT2D eigenvalue weighted by molar-refractivity contribution is -0.137. The van der Waals surface area contributed by atoms with E-state index in [1.807, 2.05) is 0 Å². The number of hydrogen-bond acceptors (Lipinski definition) is 3. The zero-order chi connectivity index (χ0) is 24.2. The van der Waals surface area contributed by atoms with Crippen molar-refractivity contribution in [3.8, 4) is 0 Å². The van der Waals surface area contributed by atoms with Crippen molar-refractivity contribution in [3.05, 3.63) is 87.9 Å². The third-order valence-corrected chi connectivity index (χ3v) is 5.97. The predicted octanol–water partition coefficient (Wildman–Crippen LogP) is 7.38. The molecule has 1 atom stereocenters. The Morgan fingerprint density at radius 1 is 0.909 bits per heavy atom. The van der Waals surface area contributed by atoms with Gasteiger partial charge in [0.15, 0.2) is 0 Å². The average Bonchev–Trinajstić information content (AvgIpc) is 2.74. The van der Waals surface area contributed by atoms with E-state index in [4.69, 9.17) is 23.2 Å². The Morgan fingerprint density at radius 3 is 2.30 bits per heavy atom. The van der Waals surface area contributed by atoms with Crippen molar-refractivity contribution in [1.29, 1.82) is 0 Å². The highest BCUT2D eigenvalue weighted by Crippen LogP contribution is 2.37. The molecule has 2 amide bonds. The number of carbonyl (C=O) groups excluding carboxylic acids is 2. The first-order chi connectivity index (χ1) is 15.5. The van der Waals surface area contributed by atoms with E-state index >= 15 is 0 Å². The van der Waals surface area contributed by atoms with Crippen molar-refractivity contribution in [2.45, 2.75) is 23.2 Å². The largest absolute Gasteiger partial charge is 0.418 e. The summed E-state index contributed by atoms with van der Waals surface area (Å²) in [5, 5.41) is 4.69. The molecule has 3 aromatic carbocycles. The number of rotatable bonds is 6. The van der Waals surface area contributed by atoms with Gasteiger partial charge in [0.1, 0.15) is 0 Å². The van der Waals surface area contributed by atoms with Crippen LogP contribution in [0, 0.1) is 0 Å². The standard InChI is InChI=1S/C23H17Cl2F3N2O2S/c1-13(21(31)30-20-9-8-16(25)11-19(20)23(26,27)28)33-18-7-3-6-17(12-18)29-22(32)14-4-2-5-15(24)10-14/h2-13H,1H3,(H,29,32)(H,30,31). The minimum Gasteiger partial charge on any atom is -0.325 e. The molecule has 0 radical (unpaired) electrons. The normalized spacial score (nSPS) is 12.2. The third-order valence-electron chi connectivity index (χ3n) is 4.41. The SMILES string of the molecule is CC(Sc1cccc(NC(=O)c2cccc(Cl)c2)c1)C(=O)Nc1ccc(Cl)cc1C(F)(F)F. The van der Waals surface area contributed by atoms with Crippen LogP contribution in [0.5, 0.6) is 0 Å². The molecule has 10 heteroatoms. The Hall–Kier alpha value is -2.68. The van der Waals surface area contributed by atoms with Gasteiger partial charge in [0.05, 0.1) is 16.5 Å². The fourth-order valence-electron chi connectivity index (χ4n) is 2.83. The summed E-state index contributed by atoms with van der Waals surface area (Å²) >= 11 is 12.7. The number of amides is 2. The molecule has 0 aliphatic carbocycles. The van der Waals surface area contributed by atoms with E-state index in [0.717, 1.165) is 23.9 Å². The fraction of sp³-hybridized carbons (Fsp3) is 0.130. The summed E-state index contributed by atoms with van der Waals surface area (Å²) in [6, 6.07) is 16.4. The molecule has 1 unspecified atom stereocenters. The molecule has 0 saturated carbocycles. The Kier molecular flexibility index (Phi) is 7.94. The topological polar surface area (TPSA) is 58.2 Å². The van der Waals surface area contributed by atoms with Crippen molar-refractivity contribution in [2.75, 3.05) is 10.6 Å². The van der Waals surface area contributed by atoms with Crippen LogP contribution < -0.4 is 10.6 Å². The highest BCUT2D eigenvalue weighted by molar-refractivity contribution is 8.00. The lowest BCUT2D eigenvalue weighted by Crippen LogP contribution is -2.24. The van der Waals surface area contributed by atoms with Gasteiger partial charge >= 0.3 is 6.18 Å². The number of nitrogens with one attached hydrogen (secondary N) is 2. The maximum atomic E-state index is 13.3. The first-order valence-corrected chi connectivity index (χ1v) is 11.2. The van der Waals surface area contributed by atoms with Crippen LogP contribution in [-0.2, 0) is 11.0 Å². The molecule has 0 saturated heterocycles. The molecular weight excluding hydrogens is 496 g/mol. The molecule has 2 N–H and O–H groups in total. The van der Waals surface area contributed by atoms with Crippen molar-refractivity contribution in [3.63, 3.8) is 0 Å². The van der Waals surface area contributed by atoms with Crippen LogP contribution >= 0.6 is 35.0 Å². The monoisotopic (exact) mass is 512 g/mol. The Labute approximate surface area is 202 Å². The average molecular weight is 513 g/mol. The summed E-state index contributed by atoms with van der Waals surface area (Å²) in [6.07, 6.45) is -4.67. The first-order valence-electron chi connectivity index (χ1n) is 9.54. The summed E-state index contributed by atoms with van der Waals surface area (Å²) in [7, 11) is 0. The number of anilines is 2. The molecule has 172 valence electrons. The Bertz CT molecular complexity index is 1190. The molecule has 0 bridgehead atoms. The van der Waals surface area contributed by atoms with Gasteiger partial charge in [-0.05, 0) is 61.5 Å². The van der Waals surface area contributed by atoms with Gasteiger partial charge in [-0.25, -0.2) is 0 Å². The number of carbonyl (C=O) groups is 2. The van der Waals surface area contributed by atoms with E-state index in [9.17, 15) is 22.8 Å². The van der Waals surface area contributed by atoms with E-state index in [-0.39, 0.29) is 16.6 Å². The second-order valence-corrected chi connectivity index (χ2v) is 9.22. The van der Waals surface area contributed by atoms with E-state index < -0.39 is 22.9 Å². The van der Waals surface area contributed by atoms with Gasteiger partial charge in [-0.3, -0.25) is 9.59 Å². The summed E-state index contributed by atoms with van der Waals surface area (Å²) in [5.74, 6) is -0.964. The quantitative estimate of drug-likeness (QED) is 0.338. The summed E-state index contributed by atoms with van der Waals surface area (Å²) in [6.45, 7) is 1.57. The smallest absolute Gasteiger partial charge is 0.325 e. The molecule has 0 aliphatic rings. The molecule has 0 aromatic heterocycles. The zero-order valence-electron chi connectivity index (χ0n) is 17.0. The van der Waals surface area contributed by atoms with Gasteiger partial charge in [-0.1, -0.05) is 35.3 Å². The maximum Gasteiger partial charge on any atom is 0.418 e. The van der Waals surface area contributed by atoms with Gasteiger partial charge in [0.2, 0.25) is 5.91 Å². The maximum absolute atomic E-state index is 13.3. The lowest BCUT2D eigenvalue weighted by atomic mass is 10.1. The van der Waals surface area contributed by atoms with Crippen molar-refractivity contribution in [1.82, 2.24) is 0 Å².